The number of aliphatic hydroxyl groups is 1. The Kier molecular flexibility index (Phi) is 1.86. The van der Waals surface area contributed by atoms with Gasteiger partial charge in [0.25, 0.3) is 0 Å². The minimum absolute atomic E-state index is 0.112. The molecule has 58 valence electrons. The summed E-state index contributed by atoms with van der Waals surface area (Å²) in [5.41, 5.74) is 1.31. The minimum atomic E-state index is -0.172. The molecule has 1 saturated carbocycles. The van der Waals surface area contributed by atoms with Crippen LogP contribution in [0.15, 0.2) is 12.2 Å². The molecule has 0 spiro atoms. The minimum Gasteiger partial charge on any atom is -0.392 e. The standard InChI is InChI=1S/C9H16O/c1-7-4-5-9(2,3)8(10)6-7/h8,10H,1,4-6H2,2-3H3. The first kappa shape index (κ1) is 7.80. The van der Waals surface area contributed by atoms with Crippen molar-refractivity contribution < 1.29 is 5.11 Å². The summed E-state index contributed by atoms with van der Waals surface area (Å²) in [6, 6.07) is 0. The van der Waals surface area contributed by atoms with Crippen LogP contribution < -0.4 is 0 Å². The van der Waals surface area contributed by atoms with Gasteiger partial charge in [-0.2, -0.15) is 0 Å². The summed E-state index contributed by atoms with van der Waals surface area (Å²) in [7, 11) is 0. The lowest BCUT2D eigenvalue weighted by atomic mass is 9.73. The van der Waals surface area contributed by atoms with Gasteiger partial charge in [0.2, 0.25) is 0 Å². The first-order valence-electron chi connectivity index (χ1n) is 3.87. The third-order valence-corrected chi connectivity index (χ3v) is 2.51. The van der Waals surface area contributed by atoms with E-state index in [4.69, 9.17) is 0 Å². The molecule has 10 heavy (non-hydrogen) atoms. The van der Waals surface area contributed by atoms with Gasteiger partial charge in [-0.15, -0.1) is 0 Å². The van der Waals surface area contributed by atoms with Gasteiger partial charge in [0, 0.05) is 0 Å². The fourth-order valence-corrected chi connectivity index (χ4v) is 1.32. The van der Waals surface area contributed by atoms with Crippen molar-refractivity contribution in [3.63, 3.8) is 0 Å². The number of hydrogen-bond donors (Lipinski definition) is 1. The van der Waals surface area contributed by atoms with Gasteiger partial charge in [-0.05, 0) is 24.7 Å². The second-order valence-corrected chi connectivity index (χ2v) is 3.96. The molecule has 1 heteroatoms. The first-order valence-corrected chi connectivity index (χ1v) is 3.87. The van der Waals surface area contributed by atoms with Crippen LogP contribution >= 0.6 is 0 Å². The van der Waals surface area contributed by atoms with Crippen molar-refractivity contribution in [2.45, 2.75) is 39.2 Å². The number of hydrogen-bond acceptors (Lipinski definition) is 1. The summed E-state index contributed by atoms with van der Waals surface area (Å²) in [5, 5.41) is 9.55. The highest BCUT2D eigenvalue weighted by molar-refractivity contribution is 5.04. The molecule has 0 aromatic heterocycles. The Bertz CT molecular complexity index is 147. The van der Waals surface area contributed by atoms with Gasteiger partial charge in [-0.1, -0.05) is 26.0 Å². The smallest absolute Gasteiger partial charge is 0.0628 e. The lowest BCUT2D eigenvalue weighted by molar-refractivity contribution is 0.0304. The largest absolute Gasteiger partial charge is 0.392 e. The van der Waals surface area contributed by atoms with Gasteiger partial charge in [-0.25, -0.2) is 0 Å². The van der Waals surface area contributed by atoms with E-state index in [1.54, 1.807) is 0 Å². The molecule has 0 aromatic carbocycles. The van der Waals surface area contributed by atoms with E-state index in [0.29, 0.717) is 0 Å². The summed E-state index contributed by atoms with van der Waals surface area (Å²) in [4.78, 5) is 0. The van der Waals surface area contributed by atoms with Crippen LogP contribution in [0.25, 0.3) is 0 Å². The van der Waals surface area contributed by atoms with Gasteiger partial charge in [0.15, 0.2) is 0 Å². The van der Waals surface area contributed by atoms with Crippen LogP contribution in [0.3, 0.4) is 0 Å². The van der Waals surface area contributed by atoms with E-state index < -0.39 is 0 Å². The molecule has 1 fully saturated rings. The Morgan fingerprint density at radius 1 is 1.60 bits per heavy atom. The molecular formula is C9H16O. The van der Waals surface area contributed by atoms with Crippen LogP contribution in [0, 0.1) is 5.41 Å². The molecule has 1 rings (SSSR count). The van der Waals surface area contributed by atoms with Gasteiger partial charge in [0.05, 0.1) is 6.10 Å². The predicted molar refractivity (Wildman–Crippen MR) is 42.8 cm³/mol. The molecule has 1 atom stereocenters. The maximum absolute atomic E-state index is 9.55. The molecule has 1 aliphatic carbocycles. The van der Waals surface area contributed by atoms with E-state index in [-0.39, 0.29) is 11.5 Å². The SMILES string of the molecule is C=C1CCC(C)(C)C(O)C1. The Hall–Kier alpha value is -0.300. The molecule has 1 unspecified atom stereocenters. The van der Waals surface area contributed by atoms with Crippen LogP contribution in [-0.4, -0.2) is 11.2 Å². The molecule has 0 aliphatic heterocycles. The topological polar surface area (TPSA) is 20.2 Å². The van der Waals surface area contributed by atoms with Gasteiger partial charge in [-0.3, -0.25) is 0 Å². The van der Waals surface area contributed by atoms with Crippen molar-refractivity contribution in [3.05, 3.63) is 12.2 Å². The molecule has 1 N–H and O–H groups in total. The summed E-state index contributed by atoms with van der Waals surface area (Å²) in [6.45, 7) is 8.10. The van der Waals surface area contributed by atoms with Gasteiger partial charge < -0.3 is 5.11 Å². The van der Waals surface area contributed by atoms with Crippen LogP contribution in [0.5, 0.6) is 0 Å². The summed E-state index contributed by atoms with van der Waals surface area (Å²) < 4.78 is 0. The zero-order chi connectivity index (χ0) is 7.78. The molecule has 0 heterocycles. The summed E-state index contributed by atoms with van der Waals surface area (Å²) in [6.07, 6.45) is 2.79. The average Bonchev–Trinajstić information content (AvgIpc) is 1.81. The van der Waals surface area contributed by atoms with Gasteiger partial charge >= 0.3 is 0 Å². The van der Waals surface area contributed by atoms with E-state index >= 15 is 0 Å². The molecule has 1 nitrogen and oxygen atoms in total. The zero-order valence-electron chi connectivity index (χ0n) is 6.85. The van der Waals surface area contributed by atoms with Crippen molar-refractivity contribution in [1.82, 2.24) is 0 Å². The number of aliphatic hydroxyl groups excluding tert-OH is 1. The van der Waals surface area contributed by atoms with E-state index in [2.05, 4.69) is 20.4 Å². The molecule has 1 aliphatic rings. The van der Waals surface area contributed by atoms with Crippen molar-refractivity contribution in [2.24, 2.45) is 5.41 Å². The number of rotatable bonds is 0. The highest BCUT2D eigenvalue weighted by Crippen LogP contribution is 2.37. The monoisotopic (exact) mass is 140 g/mol. The van der Waals surface area contributed by atoms with Crippen LogP contribution in [-0.2, 0) is 0 Å². The fourth-order valence-electron chi connectivity index (χ4n) is 1.32. The van der Waals surface area contributed by atoms with Crippen molar-refractivity contribution >= 4 is 0 Å². The van der Waals surface area contributed by atoms with E-state index in [9.17, 15) is 5.11 Å². The molecule has 0 saturated heterocycles. The Morgan fingerprint density at radius 3 is 2.60 bits per heavy atom. The zero-order valence-corrected chi connectivity index (χ0v) is 6.85. The van der Waals surface area contributed by atoms with Gasteiger partial charge in [0.1, 0.15) is 0 Å². The lowest BCUT2D eigenvalue weighted by Crippen LogP contribution is -2.33. The fraction of sp³-hybridized carbons (Fsp3) is 0.778. The van der Waals surface area contributed by atoms with Crippen molar-refractivity contribution in [1.29, 1.82) is 0 Å². The quantitative estimate of drug-likeness (QED) is 0.511. The van der Waals surface area contributed by atoms with Crippen LogP contribution in [0.4, 0.5) is 0 Å². The molecule has 0 bridgehead atoms. The summed E-state index contributed by atoms with van der Waals surface area (Å²) >= 11 is 0. The Morgan fingerprint density at radius 2 is 2.20 bits per heavy atom. The third-order valence-electron chi connectivity index (χ3n) is 2.51. The van der Waals surface area contributed by atoms with E-state index in [0.717, 1.165) is 19.3 Å². The second-order valence-electron chi connectivity index (χ2n) is 3.96. The average molecular weight is 140 g/mol. The van der Waals surface area contributed by atoms with E-state index in [1.807, 2.05) is 0 Å². The van der Waals surface area contributed by atoms with Crippen LogP contribution in [0.2, 0.25) is 0 Å². The molecule has 0 radical (unpaired) electrons. The first-order chi connectivity index (χ1) is 4.52. The Labute approximate surface area is 62.8 Å². The van der Waals surface area contributed by atoms with Crippen molar-refractivity contribution in [2.75, 3.05) is 0 Å². The second kappa shape index (κ2) is 2.39. The molecule has 0 aromatic rings. The Balaban J connectivity index is 2.60. The highest BCUT2D eigenvalue weighted by Gasteiger charge is 2.31. The highest BCUT2D eigenvalue weighted by atomic mass is 16.3. The van der Waals surface area contributed by atoms with Crippen LogP contribution in [0.1, 0.15) is 33.1 Å². The normalized spacial score (nSPS) is 32.3. The lowest BCUT2D eigenvalue weighted by Gasteiger charge is -2.35. The molecular weight excluding hydrogens is 124 g/mol. The van der Waals surface area contributed by atoms with E-state index in [1.165, 1.54) is 5.57 Å². The maximum Gasteiger partial charge on any atom is 0.0628 e. The third kappa shape index (κ3) is 1.40. The molecule has 0 amide bonds. The predicted octanol–water partition coefficient (Wildman–Crippen LogP) is 2.11. The summed E-state index contributed by atoms with van der Waals surface area (Å²) in [5.74, 6) is 0. The maximum atomic E-state index is 9.55. The van der Waals surface area contributed by atoms with Crippen molar-refractivity contribution in [3.8, 4) is 0 Å².